The van der Waals surface area contributed by atoms with Gasteiger partial charge in [-0.05, 0) is 97.0 Å². The lowest BCUT2D eigenvalue weighted by Gasteiger charge is -2.36. The third-order valence-corrected chi connectivity index (χ3v) is 8.26. The number of nitrogens with zero attached hydrogens (tertiary/aromatic N) is 1. The summed E-state index contributed by atoms with van der Waals surface area (Å²) in [6.07, 6.45) is 3.14. The van der Waals surface area contributed by atoms with E-state index >= 15 is 0 Å². The number of rotatable bonds is 6. The number of hydrogen-bond acceptors (Lipinski definition) is 3. The van der Waals surface area contributed by atoms with Crippen LogP contribution >= 0.6 is 27.7 Å². The van der Waals surface area contributed by atoms with Gasteiger partial charge >= 0.3 is 5.97 Å². The van der Waals surface area contributed by atoms with Crippen molar-refractivity contribution in [2.75, 3.05) is 13.1 Å². The van der Waals surface area contributed by atoms with Gasteiger partial charge in [-0.25, -0.2) is 4.79 Å². The van der Waals surface area contributed by atoms with Crippen LogP contribution in [0.1, 0.15) is 55.1 Å². The van der Waals surface area contributed by atoms with Gasteiger partial charge in [0.15, 0.2) is 0 Å². The molecule has 0 saturated carbocycles. The van der Waals surface area contributed by atoms with Gasteiger partial charge in [-0.1, -0.05) is 30.8 Å². The Morgan fingerprint density at radius 1 is 1.27 bits per heavy atom. The second-order valence-electron chi connectivity index (χ2n) is 8.03. The lowest BCUT2D eigenvalue weighted by molar-refractivity contribution is 0.0688. The molecule has 0 bridgehead atoms. The number of nitrogens with one attached hydrogen (secondary N) is 1. The summed E-state index contributed by atoms with van der Waals surface area (Å²) in [5.41, 5.74) is 2.24. The number of carbonyl (C=O) groups is 1. The molecule has 1 fully saturated rings. The van der Waals surface area contributed by atoms with Gasteiger partial charge in [0, 0.05) is 31.2 Å². The molecule has 1 atom stereocenters. The quantitative estimate of drug-likeness (QED) is 0.404. The van der Waals surface area contributed by atoms with Crippen LogP contribution in [0.3, 0.4) is 0 Å². The first-order valence-electron chi connectivity index (χ1n) is 10.5. The van der Waals surface area contributed by atoms with E-state index in [4.69, 9.17) is 0 Å². The van der Waals surface area contributed by atoms with Crippen molar-refractivity contribution in [2.45, 2.75) is 54.9 Å². The van der Waals surface area contributed by atoms with Gasteiger partial charge in [0.25, 0.3) is 0 Å². The van der Waals surface area contributed by atoms with Crippen molar-refractivity contribution in [3.8, 4) is 0 Å². The first-order chi connectivity index (χ1) is 14.5. The molecule has 6 heteroatoms. The lowest BCUT2D eigenvalue weighted by atomic mass is 9.86. The van der Waals surface area contributed by atoms with Gasteiger partial charge in [0.2, 0.25) is 0 Å². The number of carboxylic acid groups (broad SMARTS) is 1. The summed E-state index contributed by atoms with van der Waals surface area (Å²) in [4.78, 5) is 20.0. The highest BCUT2D eigenvalue weighted by Gasteiger charge is 2.29. The summed E-state index contributed by atoms with van der Waals surface area (Å²) >= 11 is 5.31. The van der Waals surface area contributed by atoms with Crippen LogP contribution in [0.4, 0.5) is 0 Å². The normalized spacial score (nSPS) is 16.8. The zero-order valence-corrected chi connectivity index (χ0v) is 19.7. The average Bonchev–Trinajstić information content (AvgIpc) is 3.14. The molecule has 2 aromatic carbocycles. The molecule has 0 spiro atoms. The first kappa shape index (κ1) is 21.5. The summed E-state index contributed by atoms with van der Waals surface area (Å²) in [6, 6.07) is 15.0. The van der Waals surface area contributed by atoms with E-state index in [0.29, 0.717) is 11.7 Å². The Morgan fingerprint density at radius 3 is 2.67 bits per heavy atom. The minimum Gasteiger partial charge on any atom is -0.477 e. The molecule has 1 unspecified atom stereocenters. The van der Waals surface area contributed by atoms with Crippen molar-refractivity contribution in [1.29, 1.82) is 0 Å². The standard InChI is InChI=1S/C24H27BrN2O2S/c1-3-15(2)27-12-10-16(11-13-27)22-18-14-17(30-21-7-5-4-6-19(21)25)8-9-20(18)26-23(22)24(28)29/h4-9,14-16,26H,3,10-13H2,1-2H3,(H,28,29). The maximum absolute atomic E-state index is 12.0. The molecule has 2 N–H and O–H groups in total. The van der Waals surface area contributed by atoms with Crippen molar-refractivity contribution in [2.24, 2.45) is 0 Å². The molecule has 0 amide bonds. The van der Waals surface area contributed by atoms with Crippen LogP contribution in [0.25, 0.3) is 10.9 Å². The second kappa shape index (κ2) is 9.16. The molecule has 1 aliphatic heterocycles. The number of aromatic amines is 1. The second-order valence-corrected chi connectivity index (χ2v) is 10.00. The van der Waals surface area contributed by atoms with Gasteiger partial charge in [0.1, 0.15) is 5.69 Å². The Bertz CT molecular complexity index is 1060. The fourth-order valence-corrected chi connectivity index (χ4v) is 5.80. The van der Waals surface area contributed by atoms with Crippen LogP contribution in [0, 0.1) is 0 Å². The number of piperidine rings is 1. The summed E-state index contributed by atoms with van der Waals surface area (Å²) in [6.45, 7) is 6.55. The zero-order valence-electron chi connectivity index (χ0n) is 17.3. The summed E-state index contributed by atoms with van der Waals surface area (Å²) in [5.74, 6) is -0.598. The third-order valence-electron chi connectivity index (χ3n) is 6.24. The molecule has 3 aromatic rings. The topological polar surface area (TPSA) is 56.3 Å². The van der Waals surface area contributed by atoms with E-state index in [1.807, 2.05) is 24.3 Å². The summed E-state index contributed by atoms with van der Waals surface area (Å²) in [7, 11) is 0. The number of aromatic nitrogens is 1. The number of likely N-dealkylation sites (tertiary alicyclic amines) is 1. The lowest BCUT2D eigenvalue weighted by Crippen LogP contribution is -2.39. The molecule has 1 aromatic heterocycles. The van der Waals surface area contributed by atoms with E-state index in [2.05, 4.69) is 57.9 Å². The first-order valence-corrected chi connectivity index (χ1v) is 12.1. The molecule has 1 saturated heterocycles. The van der Waals surface area contributed by atoms with Crippen molar-refractivity contribution in [3.05, 3.63) is 58.2 Å². The molecule has 2 heterocycles. The molecule has 30 heavy (non-hydrogen) atoms. The average molecular weight is 487 g/mol. The number of fused-ring (bicyclic) bond motifs is 1. The summed E-state index contributed by atoms with van der Waals surface area (Å²) < 4.78 is 1.06. The van der Waals surface area contributed by atoms with Crippen LogP contribution in [0.5, 0.6) is 0 Å². The van der Waals surface area contributed by atoms with E-state index in [0.717, 1.165) is 63.1 Å². The highest BCUT2D eigenvalue weighted by molar-refractivity contribution is 9.10. The van der Waals surface area contributed by atoms with Crippen molar-refractivity contribution >= 4 is 44.6 Å². The maximum atomic E-state index is 12.0. The van der Waals surface area contributed by atoms with Crippen molar-refractivity contribution in [3.63, 3.8) is 0 Å². The monoisotopic (exact) mass is 486 g/mol. The number of hydrogen-bond donors (Lipinski definition) is 2. The zero-order chi connectivity index (χ0) is 21.3. The molecular formula is C24H27BrN2O2S. The number of carboxylic acids is 1. The Balaban J connectivity index is 1.68. The number of aromatic carboxylic acids is 1. The van der Waals surface area contributed by atoms with E-state index < -0.39 is 5.97 Å². The van der Waals surface area contributed by atoms with Crippen molar-refractivity contribution in [1.82, 2.24) is 9.88 Å². The van der Waals surface area contributed by atoms with Gasteiger partial charge in [-0.15, -0.1) is 0 Å². The van der Waals surface area contributed by atoms with E-state index in [1.54, 1.807) is 11.8 Å². The van der Waals surface area contributed by atoms with E-state index in [1.165, 1.54) is 0 Å². The Morgan fingerprint density at radius 2 is 2.00 bits per heavy atom. The summed E-state index contributed by atoms with van der Waals surface area (Å²) in [5, 5.41) is 10.9. The highest BCUT2D eigenvalue weighted by Crippen LogP contribution is 2.40. The van der Waals surface area contributed by atoms with E-state index in [9.17, 15) is 9.90 Å². The van der Waals surface area contributed by atoms with Crippen LogP contribution in [-0.4, -0.2) is 40.1 Å². The van der Waals surface area contributed by atoms with E-state index in [-0.39, 0.29) is 5.92 Å². The molecule has 0 aliphatic carbocycles. The Hall–Kier alpha value is -1.76. The predicted octanol–water partition coefficient (Wildman–Crippen LogP) is 6.76. The highest BCUT2D eigenvalue weighted by atomic mass is 79.9. The largest absolute Gasteiger partial charge is 0.477 e. The minimum absolute atomic E-state index is 0.272. The molecule has 4 rings (SSSR count). The number of halogens is 1. The van der Waals surface area contributed by atoms with Gasteiger partial charge < -0.3 is 15.0 Å². The van der Waals surface area contributed by atoms with Crippen LogP contribution in [0.2, 0.25) is 0 Å². The predicted molar refractivity (Wildman–Crippen MR) is 127 cm³/mol. The minimum atomic E-state index is -0.870. The van der Waals surface area contributed by atoms with Gasteiger partial charge in [-0.3, -0.25) is 0 Å². The number of H-pyrrole nitrogens is 1. The molecular weight excluding hydrogens is 460 g/mol. The Kier molecular flexibility index (Phi) is 6.56. The molecule has 4 nitrogen and oxygen atoms in total. The SMILES string of the molecule is CCC(C)N1CCC(c2c(C(=O)O)[nH]c3ccc(Sc4ccccc4Br)cc23)CC1. The third kappa shape index (κ3) is 4.32. The number of benzene rings is 2. The van der Waals surface area contributed by atoms with Crippen LogP contribution < -0.4 is 0 Å². The van der Waals surface area contributed by atoms with Crippen LogP contribution in [-0.2, 0) is 0 Å². The maximum Gasteiger partial charge on any atom is 0.352 e. The van der Waals surface area contributed by atoms with Crippen LogP contribution in [0.15, 0.2) is 56.7 Å². The van der Waals surface area contributed by atoms with Gasteiger partial charge in [0.05, 0.1) is 0 Å². The molecule has 0 radical (unpaired) electrons. The molecule has 158 valence electrons. The smallest absolute Gasteiger partial charge is 0.352 e. The fourth-order valence-electron chi connectivity index (χ4n) is 4.39. The van der Waals surface area contributed by atoms with Crippen molar-refractivity contribution < 1.29 is 9.90 Å². The van der Waals surface area contributed by atoms with Gasteiger partial charge in [-0.2, -0.15) is 0 Å². The fraction of sp³-hybridized carbons (Fsp3) is 0.375. The Labute approximate surface area is 190 Å². The molecule has 1 aliphatic rings.